The molecule has 0 unspecified atom stereocenters. The third-order valence-electron chi connectivity index (χ3n) is 5.43. The van der Waals surface area contributed by atoms with E-state index in [0.717, 1.165) is 13.0 Å². The monoisotopic (exact) mass is 265 g/mol. The Hall–Kier alpha value is -0.370. The summed E-state index contributed by atoms with van der Waals surface area (Å²) in [4.78, 5) is 15.3. The van der Waals surface area contributed by atoms with Crippen LogP contribution in [0.3, 0.4) is 0 Å². The van der Waals surface area contributed by atoms with Crippen LogP contribution in [-0.2, 0) is 4.79 Å². The normalized spacial score (nSPS) is 34.8. The minimum absolute atomic E-state index is 0.0771. The summed E-state index contributed by atoms with van der Waals surface area (Å²) in [6.45, 7) is 18.7. The molecular formula is C17H31NO. The standard InChI is InChI=1S/C17H31NO/c1-14(2,3)13(19)12-9-17(10-16(17,7)8)11-18(12)15(4,5)6/h12H,9-11H2,1-8H3/t12-,17-/m0/s1. The van der Waals surface area contributed by atoms with Crippen LogP contribution >= 0.6 is 0 Å². The van der Waals surface area contributed by atoms with Gasteiger partial charge in [-0.2, -0.15) is 0 Å². The molecule has 0 aromatic carbocycles. The Balaban J connectivity index is 2.29. The number of carbonyl (C=O) groups excluding carboxylic acids is 1. The van der Waals surface area contributed by atoms with Crippen molar-refractivity contribution in [1.82, 2.24) is 4.90 Å². The minimum Gasteiger partial charge on any atom is -0.297 e. The van der Waals surface area contributed by atoms with Gasteiger partial charge in [0.05, 0.1) is 6.04 Å². The van der Waals surface area contributed by atoms with Crippen LogP contribution < -0.4 is 0 Å². The van der Waals surface area contributed by atoms with Crippen molar-refractivity contribution in [3.05, 3.63) is 0 Å². The predicted octanol–water partition coefficient (Wildman–Crippen LogP) is 3.89. The molecule has 2 fully saturated rings. The van der Waals surface area contributed by atoms with Crippen molar-refractivity contribution in [3.63, 3.8) is 0 Å². The van der Waals surface area contributed by atoms with Crippen LogP contribution in [0.1, 0.15) is 68.2 Å². The molecule has 1 spiro atoms. The number of carbonyl (C=O) groups is 1. The van der Waals surface area contributed by atoms with Crippen molar-refractivity contribution in [2.75, 3.05) is 6.54 Å². The number of likely N-dealkylation sites (tertiary alicyclic amines) is 1. The molecule has 0 radical (unpaired) electrons. The summed E-state index contributed by atoms with van der Waals surface area (Å²) in [5.74, 6) is 0.419. The van der Waals surface area contributed by atoms with Crippen molar-refractivity contribution in [3.8, 4) is 0 Å². The van der Waals surface area contributed by atoms with Crippen molar-refractivity contribution in [1.29, 1.82) is 0 Å². The SMILES string of the molecule is CC(C)(C)C(=O)[C@@H]1C[C@@]2(CN1C(C)(C)C)CC2(C)C. The third-order valence-corrected chi connectivity index (χ3v) is 5.43. The van der Waals surface area contributed by atoms with Gasteiger partial charge in [0.15, 0.2) is 5.78 Å². The molecule has 0 aromatic heterocycles. The average molecular weight is 265 g/mol. The molecule has 0 bridgehead atoms. The fourth-order valence-electron chi connectivity index (χ4n) is 3.84. The Labute approximate surface area is 118 Å². The van der Waals surface area contributed by atoms with Gasteiger partial charge in [-0.3, -0.25) is 9.69 Å². The molecule has 2 atom stereocenters. The summed E-state index contributed by atoms with van der Waals surface area (Å²) in [6.07, 6.45) is 2.34. The van der Waals surface area contributed by atoms with Gasteiger partial charge in [0, 0.05) is 17.5 Å². The lowest BCUT2D eigenvalue weighted by Crippen LogP contribution is -2.50. The second kappa shape index (κ2) is 3.84. The lowest BCUT2D eigenvalue weighted by Gasteiger charge is -2.38. The van der Waals surface area contributed by atoms with Gasteiger partial charge in [0.1, 0.15) is 0 Å². The van der Waals surface area contributed by atoms with Crippen LogP contribution in [0.2, 0.25) is 0 Å². The smallest absolute Gasteiger partial charge is 0.155 e. The van der Waals surface area contributed by atoms with Crippen LogP contribution in [-0.4, -0.2) is 28.8 Å². The summed E-state index contributed by atoms with van der Waals surface area (Å²) in [6, 6.07) is 0.113. The maximum absolute atomic E-state index is 12.8. The predicted molar refractivity (Wildman–Crippen MR) is 80.2 cm³/mol. The zero-order valence-electron chi connectivity index (χ0n) is 14.1. The summed E-state index contributed by atoms with van der Waals surface area (Å²) >= 11 is 0. The number of Topliss-reactive ketones (excluding diaryl/α,β-unsaturated/α-hetero) is 1. The molecule has 110 valence electrons. The minimum atomic E-state index is -0.237. The van der Waals surface area contributed by atoms with E-state index in [1.54, 1.807) is 0 Å². The van der Waals surface area contributed by atoms with Crippen LogP contribution in [0.25, 0.3) is 0 Å². The van der Waals surface area contributed by atoms with Gasteiger partial charge in [-0.15, -0.1) is 0 Å². The van der Waals surface area contributed by atoms with Crippen LogP contribution in [0.15, 0.2) is 0 Å². The number of ketones is 1. The number of hydrogen-bond acceptors (Lipinski definition) is 2. The molecule has 1 heterocycles. The van der Waals surface area contributed by atoms with E-state index in [2.05, 4.69) is 60.3 Å². The van der Waals surface area contributed by atoms with Crippen molar-refractivity contribution in [2.24, 2.45) is 16.2 Å². The Morgan fingerprint density at radius 3 is 1.89 bits per heavy atom. The van der Waals surface area contributed by atoms with Gasteiger partial charge >= 0.3 is 0 Å². The second-order valence-corrected chi connectivity index (χ2v) is 9.47. The highest BCUT2D eigenvalue weighted by molar-refractivity contribution is 5.89. The first-order valence-corrected chi connectivity index (χ1v) is 7.61. The zero-order chi connectivity index (χ0) is 14.9. The molecule has 1 saturated carbocycles. The molecule has 0 N–H and O–H groups in total. The first-order chi connectivity index (χ1) is 8.30. The van der Waals surface area contributed by atoms with E-state index in [-0.39, 0.29) is 17.0 Å². The fourth-order valence-corrected chi connectivity index (χ4v) is 3.84. The Kier molecular flexibility index (Phi) is 3.04. The fraction of sp³-hybridized carbons (Fsp3) is 0.941. The van der Waals surface area contributed by atoms with Gasteiger partial charge in [0.25, 0.3) is 0 Å². The van der Waals surface area contributed by atoms with E-state index >= 15 is 0 Å². The molecule has 1 aliphatic carbocycles. The maximum atomic E-state index is 12.8. The molecule has 2 rings (SSSR count). The Morgan fingerprint density at radius 1 is 1.11 bits per heavy atom. The summed E-state index contributed by atoms with van der Waals surface area (Å²) in [5.41, 5.74) is 0.655. The van der Waals surface area contributed by atoms with Gasteiger partial charge in [-0.25, -0.2) is 0 Å². The zero-order valence-corrected chi connectivity index (χ0v) is 14.1. The molecule has 19 heavy (non-hydrogen) atoms. The molecule has 1 saturated heterocycles. The maximum Gasteiger partial charge on any atom is 0.155 e. The van der Waals surface area contributed by atoms with Crippen LogP contribution in [0.4, 0.5) is 0 Å². The van der Waals surface area contributed by atoms with E-state index < -0.39 is 0 Å². The van der Waals surface area contributed by atoms with Crippen LogP contribution in [0, 0.1) is 16.2 Å². The highest BCUT2D eigenvalue weighted by Gasteiger charge is 2.67. The van der Waals surface area contributed by atoms with Crippen molar-refractivity contribution < 1.29 is 4.79 Å². The van der Waals surface area contributed by atoms with Gasteiger partial charge in [-0.05, 0) is 44.4 Å². The topological polar surface area (TPSA) is 20.3 Å². The molecule has 0 amide bonds. The Bertz CT molecular complexity index is 396. The van der Waals surface area contributed by atoms with Gasteiger partial charge < -0.3 is 0 Å². The first-order valence-electron chi connectivity index (χ1n) is 7.61. The van der Waals surface area contributed by atoms with E-state index in [1.807, 2.05) is 0 Å². The van der Waals surface area contributed by atoms with Crippen LogP contribution in [0.5, 0.6) is 0 Å². The molecule has 0 aromatic rings. The number of rotatable bonds is 1. The highest BCUT2D eigenvalue weighted by atomic mass is 16.1. The highest BCUT2D eigenvalue weighted by Crippen LogP contribution is 2.69. The average Bonchev–Trinajstić information content (AvgIpc) is 2.54. The lowest BCUT2D eigenvalue weighted by atomic mass is 9.82. The third kappa shape index (κ3) is 2.37. The molecular weight excluding hydrogens is 234 g/mol. The summed E-state index contributed by atoms with van der Waals surface area (Å²) in [7, 11) is 0. The quantitative estimate of drug-likeness (QED) is 0.717. The van der Waals surface area contributed by atoms with E-state index in [9.17, 15) is 4.79 Å². The molecule has 1 aliphatic heterocycles. The number of hydrogen-bond donors (Lipinski definition) is 0. The van der Waals surface area contributed by atoms with E-state index in [4.69, 9.17) is 0 Å². The second-order valence-electron chi connectivity index (χ2n) is 9.47. The van der Waals surface area contributed by atoms with E-state index in [0.29, 0.717) is 16.6 Å². The molecule has 2 nitrogen and oxygen atoms in total. The van der Waals surface area contributed by atoms with E-state index in [1.165, 1.54) is 6.42 Å². The first kappa shape index (κ1) is 15.0. The summed E-state index contributed by atoms with van der Waals surface area (Å²) < 4.78 is 0. The van der Waals surface area contributed by atoms with Crippen molar-refractivity contribution >= 4 is 5.78 Å². The molecule has 2 heteroatoms. The largest absolute Gasteiger partial charge is 0.297 e. The lowest BCUT2D eigenvalue weighted by molar-refractivity contribution is -0.132. The summed E-state index contributed by atoms with van der Waals surface area (Å²) in [5, 5.41) is 0. The molecule has 2 aliphatic rings. The number of nitrogens with zero attached hydrogens (tertiary/aromatic N) is 1. The Morgan fingerprint density at radius 2 is 1.58 bits per heavy atom. The van der Waals surface area contributed by atoms with Gasteiger partial charge in [-0.1, -0.05) is 34.6 Å². The van der Waals surface area contributed by atoms with Crippen molar-refractivity contribution in [2.45, 2.75) is 79.8 Å². The van der Waals surface area contributed by atoms with Gasteiger partial charge in [0.2, 0.25) is 0 Å².